The van der Waals surface area contributed by atoms with E-state index in [1.54, 1.807) is 11.8 Å². The SMILES string of the molecule is CCN(C)C(=O)/C(C(=O)CN1CCCCC1C(N)=O)=C(/N)N(C=O)Cc1ccc(F)cc1. The van der Waals surface area contributed by atoms with Gasteiger partial charge in [-0.1, -0.05) is 18.6 Å². The number of rotatable bonds is 10. The van der Waals surface area contributed by atoms with Crippen LogP contribution in [0.4, 0.5) is 4.39 Å². The third kappa shape index (κ3) is 6.13. The molecule has 1 aromatic rings. The van der Waals surface area contributed by atoms with Crippen LogP contribution >= 0.6 is 0 Å². The van der Waals surface area contributed by atoms with Gasteiger partial charge in [-0.2, -0.15) is 0 Å². The Morgan fingerprint density at radius 1 is 1.19 bits per heavy atom. The highest BCUT2D eigenvalue weighted by molar-refractivity contribution is 6.20. The highest BCUT2D eigenvalue weighted by atomic mass is 19.1. The summed E-state index contributed by atoms with van der Waals surface area (Å²) in [6.45, 7) is 2.26. The molecule has 1 aliphatic rings. The number of hydrogen-bond acceptors (Lipinski definition) is 6. The number of nitrogens with zero attached hydrogens (tertiary/aromatic N) is 3. The molecule has 4 N–H and O–H groups in total. The van der Waals surface area contributed by atoms with Crippen molar-refractivity contribution in [1.29, 1.82) is 0 Å². The highest BCUT2D eigenvalue weighted by Crippen LogP contribution is 2.19. The van der Waals surface area contributed by atoms with Crippen LogP contribution in [0.1, 0.15) is 31.7 Å². The molecule has 10 heteroatoms. The van der Waals surface area contributed by atoms with E-state index in [0.29, 0.717) is 31.5 Å². The monoisotopic (exact) mass is 447 g/mol. The van der Waals surface area contributed by atoms with E-state index >= 15 is 0 Å². The zero-order chi connectivity index (χ0) is 23.8. The van der Waals surface area contributed by atoms with Crippen molar-refractivity contribution in [1.82, 2.24) is 14.7 Å². The van der Waals surface area contributed by atoms with E-state index in [9.17, 15) is 23.6 Å². The number of primary amides is 1. The number of amides is 3. The molecule has 0 bridgehead atoms. The number of Topliss-reactive ketones (excluding diaryl/α,β-unsaturated/α-hetero) is 1. The normalized spacial score (nSPS) is 17.3. The summed E-state index contributed by atoms with van der Waals surface area (Å²) in [4.78, 5) is 53.8. The first-order chi connectivity index (χ1) is 15.2. The number of hydrogen-bond donors (Lipinski definition) is 2. The van der Waals surface area contributed by atoms with Crippen molar-refractivity contribution in [2.24, 2.45) is 11.5 Å². The van der Waals surface area contributed by atoms with Crippen molar-refractivity contribution in [3.8, 4) is 0 Å². The van der Waals surface area contributed by atoms with Crippen LogP contribution in [0.5, 0.6) is 0 Å². The minimum Gasteiger partial charge on any atom is -0.384 e. The first kappa shape index (κ1) is 25.0. The molecule has 2 rings (SSSR count). The van der Waals surface area contributed by atoms with Gasteiger partial charge >= 0.3 is 0 Å². The Kier molecular flexibility index (Phi) is 8.89. The maximum absolute atomic E-state index is 13.2. The van der Waals surface area contributed by atoms with Crippen molar-refractivity contribution in [2.45, 2.75) is 38.8 Å². The predicted octanol–water partition coefficient (Wildman–Crippen LogP) is 0.342. The van der Waals surface area contributed by atoms with E-state index in [1.807, 2.05) is 0 Å². The smallest absolute Gasteiger partial charge is 0.260 e. The molecule has 9 nitrogen and oxygen atoms in total. The van der Waals surface area contributed by atoms with Gasteiger partial charge in [0.05, 0.1) is 19.1 Å². The van der Waals surface area contributed by atoms with Gasteiger partial charge in [-0.3, -0.25) is 29.0 Å². The molecule has 0 aromatic heterocycles. The maximum Gasteiger partial charge on any atom is 0.260 e. The van der Waals surface area contributed by atoms with Crippen LogP contribution in [0, 0.1) is 5.82 Å². The standard InChI is InChI=1S/C22H30FN5O4/c1-3-26(2)22(32)19(18(30)13-27-11-5-4-6-17(27)21(25)31)20(24)28(14-29)12-15-7-9-16(23)10-8-15/h7-10,14,17H,3-6,11-13,24H2,1-2H3,(H2,25,31)/b20-19-. The Hall–Kier alpha value is -3.27. The molecule has 1 atom stereocenters. The van der Waals surface area contributed by atoms with Gasteiger partial charge in [-0.05, 0) is 44.0 Å². The van der Waals surface area contributed by atoms with Gasteiger partial charge in [0, 0.05) is 13.6 Å². The van der Waals surface area contributed by atoms with E-state index in [0.717, 1.165) is 17.7 Å². The number of ketones is 1. The van der Waals surface area contributed by atoms with Crippen LogP contribution in [0.15, 0.2) is 35.7 Å². The van der Waals surface area contributed by atoms with E-state index in [-0.39, 0.29) is 24.5 Å². The van der Waals surface area contributed by atoms with Crippen molar-refractivity contribution >= 4 is 24.0 Å². The lowest BCUT2D eigenvalue weighted by Crippen LogP contribution is -2.50. The zero-order valence-corrected chi connectivity index (χ0v) is 18.4. The average Bonchev–Trinajstić information content (AvgIpc) is 2.78. The molecule has 1 heterocycles. The van der Waals surface area contributed by atoms with Gasteiger partial charge in [-0.25, -0.2) is 4.39 Å². The molecule has 0 spiro atoms. The molecular weight excluding hydrogens is 417 g/mol. The fourth-order valence-corrected chi connectivity index (χ4v) is 3.58. The average molecular weight is 448 g/mol. The lowest BCUT2D eigenvalue weighted by atomic mass is 10.00. The second-order valence-electron chi connectivity index (χ2n) is 7.75. The van der Waals surface area contributed by atoms with Crippen molar-refractivity contribution in [3.63, 3.8) is 0 Å². The Morgan fingerprint density at radius 3 is 2.41 bits per heavy atom. The molecule has 1 saturated heterocycles. The quantitative estimate of drug-likeness (QED) is 0.230. The summed E-state index contributed by atoms with van der Waals surface area (Å²) in [7, 11) is 1.52. The maximum atomic E-state index is 13.2. The second kappa shape index (κ2) is 11.4. The molecule has 0 aliphatic carbocycles. The predicted molar refractivity (Wildman–Crippen MR) is 116 cm³/mol. The molecule has 0 saturated carbocycles. The van der Waals surface area contributed by atoms with E-state index < -0.39 is 29.5 Å². The molecule has 1 unspecified atom stereocenters. The Bertz CT molecular complexity index is 887. The number of likely N-dealkylation sites (tertiary alicyclic amines) is 1. The minimum atomic E-state index is -0.631. The Balaban J connectivity index is 2.38. The van der Waals surface area contributed by atoms with Gasteiger partial charge in [0.25, 0.3) is 5.91 Å². The largest absolute Gasteiger partial charge is 0.384 e. The van der Waals surface area contributed by atoms with Crippen LogP contribution in [0.25, 0.3) is 0 Å². The van der Waals surface area contributed by atoms with E-state index in [4.69, 9.17) is 11.5 Å². The number of piperidine rings is 1. The lowest BCUT2D eigenvalue weighted by molar-refractivity contribution is -0.130. The number of carbonyl (C=O) groups is 4. The first-order valence-electron chi connectivity index (χ1n) is 10.5. The summed E-state index contributed by atoms with van der Waals surface area (Å²) in [5.41, 5.74) is 11.9. The summed E-state index contributed by atoms with van der Waals surface area (Å²) in [6, 6.07) is 4.83. The lowest BCUT2D eigenvalue weighted by Gasteiger charge is -2.33. The number of likely N-dealkylation sites (N-methyl/N-ethyl adjacent to an activating group) is 1. The topological polar surface area (TPSA) is 130 Å². The van der Waals surface area contributed by atoms with Crippen LogP contribution in [0.3, 0.4) is 0 Å². The van der Waals surface area contributed by atoms with Gasteiger partial charge in [0.2, 0.25) is 12.3 Å². The molecule has 3 amide bonds. The second-order valence-corrected chi connectivity index (χ2v) is 7.75. The third-order valence-electron chi connectivity index (χ3n) is 5.56. The van der Waals surface area contributed by atoms with Crippen molar-refractivity contribution in [2.75, 3.05) is 26.7 Å². The molecular formula is C22H30FN5O4. The molecule has 32 heavy (non-hydrogen) atoms. The summed E-state index contributed by atoms with van der Waals surface area (Å²) in [5, 5.41) is 0. The Labute approximate surface area is 186 Å². The summed E-state index contributed by atoms with van der Waals surface area (Å²) in [5.74, 6) is -2.50. The molecule has 1 fully saturated rings. The highest BCUT2D eigenvalue weighted by Gasteiger charge is 2.33. The molecule has 174 valence electrons. The summed E-state index contributed by atoms with van der Waals surface area (Å²) >= 11 is 0. The Morgan fingerprint density at radius 2 is 1.84 bits per heavy atom. The minimum absolute atomic E-state index is 0.0524. The van der Waals surface area contributed by atoms with Crippen molar-refractivity contribution in [3.05, 3.63) is 47.0 Å². The van der Waals surface area contributed by atoms with Gasteiger partial charge in [0.1, 0.15) is 17.2 Å². The van der Waals surface area contributed by atoms with Gasteiger partial charge < -0.3 is 16.4 Å². The zero-order valence-electron chi connectivity index (χ0n) is 18.4. The van der Waals surface area contributed by atoms with Crippen LogP contribution in [-0.2, 0) is 25.7 Å². The molecule has 0 radical (unpaired) electrons. The number of halogens is 1. The first-order valence-corrected chi connectivity index (χ1v) is 10.5. The fourth-order valence-electron chi connectivity index (χ4n) is 3.58. The summed E-state index contributed by atoms with van der Waals surface area (Å²) < 4.78 is 13.2. The number of carbonyl (C=O) groups excluding carboxylic acids is 4. The van der Waals surface area contributed by atoms with Crippen LogP contribution < -0.4 is 11.5 Å². The fraction of sp³-hybridized carbons (Fsp3) is 0.455. The van der Waals surface area contributed by atoms with E-state index in [1.165, 1.54) is 36.2 Å². The van der Waals surface area contributed by atoms with Crippen LogP contribution in [-0.4, -0.2) is 71.4 Å². The van der Waals surface area contributed by atoms with E-state index in [2.05, 4.69) is 0 Å². The third-order valence-corrected chi connectivity index (χ3v) is 5.56. The number of benzene rings is 1. The molecule has 1 aromatic carbocycles. The van der Waals surface area contributed by atoms with Gasteiger partial charge in [-0.15, -0.1) is 0 Å². The number of nitrogens with two attached hydrogens (primary N) is 2. The van der Waals surface area contributed by atoms with Crippen LogP contribution in [0.2, 0.25) is 0 Å². The van der Waals surface area contributed by atoms with Crippen molar-refractivity contribution < 1.29 is 23.6 Å². The van der Waals surface area contributed by atoms with Gasteiger partial charge in [0.15, 0.2) is 5.78 Å². The molecule has 1 aliphatic heterocycles. The summed E-state index contributed by atoms with van der Waals surface area (Å²) in [6.07, 6.45) is 2.56.